The Morgan fingerprint density at radius 3 is 3.19 bits per heavy atom. The molecule has 0 radical (unpaired) electrons. The first-order chi connectivity index (χ1) is 7.90. The lowest BCUT2D eigenvalue weighted by Gasteiger charge is -2.06. The molecule has 1 aliphatic rings. The summed E-state index contributed by atoms with van der Waals surface area (Å²) in [6.07, 6.45) is 4.68. The van der Waals surface area contributed by atoms with Crippen molar-refractivity contribution in [1.82, 2.24) is 14.6 Å². The van der Waals surface area contributed by atoms with Crippen LogP contribution >= 0.6 is 0 Å². The Balaban J connectivity index is 2.16. The van der Waals surface area contributed by atoms with Gasteiger partial charge in [-0.1, -0.05) is 0 Å². The molecule has 0 spiro atoms. The van der Waals surface area contributed by atoms with Crippen molar-refractivity contribution in [3.63, 3.8) is 0 Å². The molecular formula is C11H11N3O2. The lowest BCUT2D eigenvalue weighted by molar-refractivity contribution is 0.104. The van der Waals surface area contributed by atoms with Crippen LogP contribution in [0.1, 0.15) is 35.1 Å². The molecule has 3 heterocycles. The molecule has 1 unspecified atom stereocenters. The summed E-state index contributed by atoms with van der Waals surface area (Å²) in [7, 11) is 0. The number of carbonyl (C=O) groups is 1. The molecule has 0 bridgehead atoms. The lowest BCUT2D eigenvalue weighted by atomic mass is 10.2. The normalized spacial score (nSPS) is 20.4. The maximum Gasteiger partial charge on any atom is 0.171 e. The minimum Gasteiger partial charge on any atom is -0.370 e. The van der Waals surface area contributed by atoms with E-state index in [4.69, 9.17) is 4.74 Å². The van der Waals surface area contributed by atoms with Crippen LogP contribution in [0.3, 0.4) is 0 Å². The van der Waals surface area contributed by atoms with E-state index in [0.29, 0.717) is 11.2 Å². The Hall–Kier alpha value is -1.75. The Morgan fingerprint density at radius 2 is 2.44 bits per heavy atom. The van der Waals surface area contributed by atoms with Crippen LogP contribution in [-0.4, -0.2) is 27.5 Å². The molecular weight excluding hydrogens is 206 g/mol. The molecule has 3 rings (SSSR count). The van der Waals surface area contributed by atoms with Gasteiger partial charge < -0.3 is 4.74 Å². The van der Waals surface area contributed by atoms with E-state index in [0.717, 1.165) is 31.6 Å². The Bertz CT molecular complexity index is 529. The standard InChI is InChI=1S/C11H11N3O2/c15-7-8-3-1-5-14-10(8)12-13-11(14)9-4-2-6-16-9/h1,3,5,7,9H,2,4,6H2. The van der Waals surface area contributed by atoms with Crippen molar-refractivity contribution in [3.8, 4) is 0 Å². The van der Waals surface area contributed by atoms with E-state index in [9.17, 15) is 4.79 Å². The number of hydrogen-bond donors (Lipinski definition) is 0. The van der Waals surface area contributed by atoms with Crippen LogP contribution in [0.4, 0.5) is 0 Å². The second kappa shape index (κ2) is 3.68. The average molecular weight is 217 g/mol. The van der Waals surface area contributed by atoms with Crippen molar-refractivity contribution in [2.24, 2.45) is 0 Å². The summed E-state index contributed by atoms with van der Waals surface area (Å²) in [4.78, 5) is 10.8. The predicted octanol–water partition coefficient (Wildman–Crippen LogP) is 1.39. The highest BCUT2D eigenvalue weighted by Crippen LogP contribution is 2.27. The highest BCUT2D eigenvalue weighted by molar-refractivity contribution is 5.83. The zero-order valence-electron chi connectivity index (χ0n) is 8.67. The van der Waals surface area contributed by atoms with Gasteiger partial charge in [0.2, 0.25) is 0 Å². The molecule has 5 heteroatoms. The summed E-state index contributed by atoms with van der Waals surface area (Å²) >= 11 is 0. The Kier molecular flexibility index (Phi) is 2.18. The van der Waals surface area contributed by atoms with Crippen molar-refractivity contribution < 1.29 is 9.53 Å². The number of carbonyl (C=O) groups excluding carboxylic acids is 1. The van der Waals surface area contributed by atoms with E-state index in [1.807, 2.05) is 16.7 Å². The molecule has 1 atom stereocenters. The lowest BCUT2D eigenvalue weighted by Crippen LogP contribution is -2.02. The number of pyridine rings is 1. The molecule has 2 aromatic rings. The van der Waals surface area contributed by atoms with Crippen molar-refractivity contribution in [2.45, 2.75) is 18.9 Å². The first kappa shape index (κ1) is 9.47. The van der Waals surface area contributed by atoms with Crippen LogP contribution < -0.4 is 0 Å². The van der Waals surface area contributed by atoms with E-state index in [-0.39, 0.29) is 6.10 Å². The van der Waals surface area contributed by atoms with Crippen LogP contribution in [0, 0.1) is 0 Å². The van der Waals surface area contributed by atoms with E-state index < -0.39 is 0 Å². The number of aldehydes is 1. The third-order valence-corrected chi connectivity index (χ3v) is 2.84. The molecule has 1 fully saturated rings. The number of nitrogens with zero attached hydrogens (tertiary/aromatic N) is 3. The minimum atomic E-state index is 0.0110. The summed E-state index contributed by atoms with van der Waals surface area (Å²) in [6, 6.07) is 3.55. The minimum absolute atomic E-state index is 0.0110. The maximum absolute atomic E-state index is 10.8. The molecule has 0 saturated carbocycles. The molecule has 5 nitrogen and oxygen atoms in total. The highest BCUT2D eigenvalue weighted by Gasteiger charge is 2.23. The Morgan fingerprint density at radius 1 is 1.50 bits per heavy atom. The number of hydrogen-bond acceptors (Lipinski definition) is 4. The number of fused-ring (bicyclic) bond motifs is 1. The largest absolute Gasteiger partial charge is 0.370 e. The predicted molar refractivity (Wildman–Crippen MR) is 56.3 cm³/mol. The topological polar surface area (TPSA) is 56.5 Å². The zero-order chi connectivity index (χ0) is 11.0. The smallest absolute Gasteiger partial charge is 0.171 e. The zero-order valence-corrected chi connectivity index (χ0v) is 8.67. The van der Waals surface area contributed by atoms with Crippen molar-refractivity contribution >= 4 is 11.9 Å². The molecule has 0 aromatic carbocycles. The fraction of sp³-hybridized carbons (Fsp3) is 0.364. The molecule has 0 N–H and O–H groups in total. The van der Waals surface area contributed by atoms with E-state index >= 15 is 0 Å². The van der Waals surface area contributed by atoms with Gasteiger partial charge in [-0.05, 0) is 25.0 Å². The first-order valence-corrected chi connectivity index (χ1v) is 5.30. The summed E-state index contributed by atoms with van der Waals surface area (Å²) in [5.74, 6) is 0.788. The monoisotopic (exact) mass is 217 g/mol. The van der Waals surface area contributed by atoms with Crippen molar-refractivity contribution in [2.75, 3.05) is 6.61 Å². The summed E-state index contributed by atoms with van der Waals surface area (Å²) < 4.78 is 7.40. The van der Waals surface area contributed by atoms with E-state index in [1.165, 1.54) is 0 Å². The van der Waals surface area contributed by atoms with E-state index in [1.54, 1.807) is 6.07 Å². The quantitative estimate of drug-likeness (QED) is 0.713. The van der Waals surface area contributed by atoms with Gasteiger partial charge in [-0.15, -0.1) is 10.2 Å². The van der Waals surface area contributed by atoms with Gasteiger partial charge in [-0.3, -0.25) is 9.20 Å². The number of rotatable bonds is 2. The molecule has 0 aliphatic carbocycles. The van der Waals surface area contributed by atoms with Gasteiger partial charge in [0.25, 0.3) is 0 Å². The van der Waals surface area contributed by atoms with Crippen LogP contribution in [-0.2, 0) is 4.74 Å². The average Bonchev–Trinajstić information content (AvgIpc) is 2.96. The first-order valence-electron chi connectivity index (χ1n) is 5.30. The molecule has 1 aliphatic heterocycles. The third kappa shape index (κ3) is 1.32. The van der Waals surface area contributed by atoms with Gasteiger partial charge in [-0.2, -0.15) is 0 Å². The second-order valence-electron chi connectivity index (χ2n) is 3.83. The fourth-order valence-corrected chi connectivity index (χ4v) is 2.05. The van der Waals surface area contributed by atoms with Gasteiger partial charge >= 0.3 is 0 Å². The third-order valence-electron chi connectivity index (χ3n) is 2.84. The maximum atomic E-state index is 10.8. The summed E-state index contributed by atoms with van der Waals surface area (Å²) in [6.45, 7) is 0.771. The van der Waals surface area contributed by atoms with Gasteiger partial charge in [0.05, 0.1) is 5.56 Å². The second-order valence-corrected chi connectivity index (χ2v) is 3.83. The molecule has 1 saturated heterocycles. The molecule has 16 heavy (non-hydrogen) atoms. The number of ether oxygens (including phenoxy) is 1. The van der Waals surface area contributed by atoms with Gasteiger partial charge in [0.15, 0.2) is 17.8 Å². The summed E-state index contributed by atoms with van der Waals surface area (Å²) in [5.41, 5.74) is 1.15. The molecule has 0 amide bonds. The van der Waals surface area contributed by atoms with Crippen molar-refractivity contribution in [1.29, 1.82) is 0 Å². The van der Waals surface area contributed by atoms with E-state index in [2.05, 4.69) is 10.2 Å². The SMILES string of the molecule is O=Cc1cccn2c(C3CCCO3)nnc12. The molecule has 82 valence electrons. The Labute approximate surface area is 92.1 Å². The van der Waals surface area contributed by atoms with Gasteiger partial charge in [0.1, 0.15) is 6.10 Å². The summed E-state index contributed by atoms with van der Waals surface area (Å²) in [5, 5.41) is 8.15. The van der Waals surface area contributed by atoms with Crippen LogP contribution in [0.25, 0.3) is 5.65 Å². The highest BCUT2D eigenvalue weighted by atomic mass is 16.5. The molecule has 2 aromatic heterocycles. The van der Waals surface area contributed by atoms with Gasteiger partial charge in [0, 0.05) is 12.8 Å². The van der Waals surface area contributed by atoms with Crippen LogP contribution in [0.2, 0.25) is 0 Å². The van der Waals surface area contributed by atoms with Gasteiger partial charge in [-0.25, -0.2) is 0 Å². The van der Waals surface area contributed by atoms with Crippen LogP contribution in [0.15, 0.2) is 18.3 Å². The van der Waals surface area contributed by atoms with Crippen LogP contribution in [0.5, 0.6) is 0 Å². The fourth-order valence-electron chi connectivity index (χ4n) is 2.05. The number of aromatic nitrogens is 3. The van der Waals surface area contributed by atoms with Crippen molar-refractivity contribution in [3.05, 3.63) is 29.7 Å².